The van der Waals surface area contributed by atoms with Crippen LogP contribution in [0.1, 0.15) is 16.3 Å². The molecule has 0 saturated carbocycles. The molecule has 3 heterocycles. The summed E-state index contributed by atoms with van der Waals surface area (Å²) in [5.41, 5.74) is 2.89. The van der Waals surface area contributed by atoms with Gasteiger partial charge in [-0.15, -0.1) is 11.3 Å². The summed E-state index contributed by atoms with van der Waals surface area (Å²) < 4.78 is 64.3. The number of benzene rings is 3. The molecular formula is C32H22BrF2N5O4S2. The number of fused-ring (bicyclic) bond motifs is 1. The number of aromatic nitrogens is 4. The largest absolute Gasteiger partial charge is 0.488 e. The second kappa shape index (κ2) is 14.2. The van der Waals surface area contributed by atoms with E-state index in [0.717, 1.165) is 0 Å². The van der Waals surface area contributed by atoms with Gasteiger partial charge in [0, 0.05) is 40.0 Å². The predicted molar refractivity (Wildman–Crippen MR) is 175 cm³/mol. The molecule has 0 aliphatic carbocycles. The van der Waals surface area contributed by atoms with Crippen LogP contribution in [0.25, 0.3) is 22.2 Å². The summed E-state index contributed by atoms with van der Waals surface area (Å²) in [7, 11) is -2.58. The molecule has 232 valence electrons. The van der Waals surface area contributed by atoms with Crippen molar-refractivity contribution in [2.75, 3.05) is 5.32 Å². The van der Waals surface area contributed by atoms with E-state index in [-0.39, 0.29) is 36.1 Å². The molecule has 6 rings (SSSR count). The van der Waals surface area contributed by atoms with E-state index >= 15 is 4.39 Å². The van der Waals surface area contributed by atoms with E-state index in [2.05, 4.69) is 41.2 Å². The highest BCUT2D eigenvalue weighted by Gasteiger charge is 2.16. The number of nitrogens with one attached hydrogen (secondary N) is 1. The summed E-state index contributed by atoms with van der Waals surface area (Å²) in [6.07, 6.45) is 2.92. The maximum absolute atomic E-state index is 15.3. The smallest absolute Gasteiger partial charge is 0.241 e. The molecule has 14 heteroatoms. The quantitative estimate of drug-likeness (QED) is 0.146. The lowest BCUT2D eigenvalue weighted by Gasteiger charge is -2.13. The molecule has 0 aliphatic rings. The third-order valence-electron chi connectivity index (χ3n) is 6.62. The first-order chi connectivity index (χ1) is 22.3. The van der Waals surface area contributed by atoms with Crippen molar-refractivity contribution in [3.8, 4) is 17.0 Å². The molecular weight excluding hydrogens is 700 g/mol. The average molecular weight is 723 g/mol. The van der Waals surface area contributed by atoms with Gasteiger partial charge in [0.15, 0.2) is 5.05 Å². The summed E-state index contributed by atoms with van der Waals surface area (Å²) in [5.74, 6) is 0.152. The molecule has 0 radical (unpaired) electrons. The van der Waals surface area contributed by atoms with Crippen LogP contribution >= 0.6 is 27.3 Å². The Hall–Kier alpha value is -4.63. The number of pyridine rings is 1. The van der Waals surface area contributed by atoms with Gasteiger partial charge in [-0.2, -0.15) is 8.42 Å². The van der Waals surface area contributed by atoms with Crippen LogP contribution in [0.15, 0.2) is 95.2 Å². The molecule has 0 amide bonds. The average Bonchev–Trinajstić information content (AvgIpc) is 3.51. The monoisotopic (exact) mass is 721 g/mol. The molecule has 1 N–H and O–H groups in total. The molecule has 46 heavy (non-hydrogen) atoms. The van der Waals surface area contributed by atoms with Crippen molar-refractivity contribution in [2.45, 2.75) is 19.6 Å². The van der Waals surface area contributed by atoms with Crippen LogP contribution in [0.2, 0.25) is 0 Å². The zero-order chi connectivity index (χ0) is 32.0. The van der Waals surface area contributed by atoms with Crippen LogP contribution in [0.3, 0.4) is 0 Å². The number of rotatable bonds is 10. The molecule has 0 fully saturated rings. The van der Waals surface area contributed by atoms with Crippen LogP contribution < -0.4 is 10.1 Å². The number of halogens is 3. The second-order valence-electron chi connectivity index (χ2n) is 9.78. The Bertz CT molecular complexity index is 2180. The van der Waals surface area contributed by atoms with Gasteiger partial charge in [0.2, 0.25) is 10.3 Å². The molecule has 6 aromatic rings. The van der Waals surface area contributed by atoms with E-state index in [1.54, 1.807) is 66.2 Å². The van der Waals surface area contributed by atoms with E-state index in [9.17, 15) is 12.8 Å². The Morgan fingerprint density at radius 1 is 0.957 bits per heavy atom. The first kappa shape index (κ1) is 31.4. The highest BCUT2D eigenvalue weighted by Crippen LogP contribution is 2.34. The minimum absolute atomic E-state index is 0.00545. The van der Waals surface area contributed by atoms with Crippen LogP contribution in [0, 0.1) is 11.6 Å². The van der Waals surface area contributed by atoms with Gasteiger partial charge in [0.25, 0.3) is 0 Å². The third-order valence-corrected chi connectivity index (χ3v) is 8.70. The zero-order valence-corrected chi connectivity index (χ0v) is 26.9. The number of hydrogen-bond donors (Lipinski definition) is 1. The number of anilines is 2. The number of hydrogen-bond acceptors (Lipinski definition) is 10. The van der Waals surface area contributed by atoms with Gasteiger partial charge >= 0.3 is 0 Å². The number of nitrogens with zero attached hydrogens (tertiary/aromatic N) is 4. The fourth-order valence-electron chi connectivity index (χ4n) is 4.45. The standard InChI is InChI=1S/C32H22BrF2N5O4S2/c33-25-11-22(7-8-29(25)43-15-19-4-3-5-20(34)10-19)39-32-24-13-23(26(35)14-27(24)37-18-38-32)28-17-45-30(40-28)16-44-31(46(41)42)12-21-6-1-2-9-36-21/h1-11,13-14,17-18H,12,15-16H2,(H,37,38,39). The summed E-state index contributed by atoms with van der Waals surface area (Å²) in [4.78, 5) is 17.2. The lowest BCUT2D eigenvalue weighted by atomic mass is 10.1. The number of ether oxygens (including phenoxy) is 2. The van der Waals surface area contributed by atoms with Gasteiger partial charge in [0.1, 0.15) is 47.8 Å². The topological polar surface area (TPSA) is 116 Å². The molecule has 0 unspecified atom stereocenters. The van der Waals surface area contributed by atoms with Gasteiger partial charge in [-0.25, -0.2) is 23.7 Å². The zero-order valence-electron chi connectivity index (χ0n) is 23.7. The van der Waals surface area contributed by atoms with Crippen molar-refractivity contribution in [3.63, 3.8) is 0 Å². The first-order valence-electron chi connectivity index (χ1n) is 13.6. The Morgan fingerprint density at radius 3 is 2.63 bits per heavy atom. The first-order valence-corrected chi connectivity index (χ1v) is 16.4. The minimum atomic E-state index is -2.58. The van der Waals surface area contributed by atoms with Crippen molar-refractivity contribution in [1.29, 1.82) is 0 Å². The van der Waals surface area contributed by atoms with Crippen molar-refractivity contribution in [3.05, 3.63) is 123 Å². The predicted octanol–water partition coefficient (Wildman–Crippen LogP) is 7.28. The Kier molecular flexibility index (Phi) is 9.68. The van der Waals surface area contributed by atoms with Crippen LogP contribution in [0.5, 0.6) is 5.75 Å². The fraction of sp³-hybridized carbons (Fsp3) is 0.0938. The van der Waals surface area contributed by atoms with Gasteiger partial charge < -0.3 is 14.8 Å². The second-order valence-corrected chi connectivity index (χ2v) is 12.5. The molecule has 0 aliphatic heterocycles. The van der Waals surface area contributed by atoms with Crippen LogP contribution in [0.4, 0.5) is 20.3 Å². The van der Waals surface area contributed by atoms with Gasteiger partial charge in [-0.1, -0.05) is 18.2 Å². The van der Waals surface area contributed by atoms with Crippen LogP contribution in [-0.2, 0) is 34.7 Å². The maximum atomic E-state index is 15.3. The summed E-state index contributed by atoms with van der Waals surface area (Å²) in [6, 6.07) is 19.7. The van der Waals surface area contributed by atoms with E-state index in [4.69, 9.17) is 9.47 Å². The van der Waals surface area contributed by atoms with Gasteiger partial charge in [0.05, 0.1) is 22.1 Å². The Balaban J connectivity index is 1.18. The molecule has 3 aromatic carbocycles. The normalized spacial score (nSPS) is 11.0. The summed E-state index contributed by atoms with van der Waals surface area (Å²) >= 11 is 4.74. The molecule has 0 atom stereocenters. The maximum Gasteiger partial charge on any atom is 0.241 e. The molecule has 0 bridgehead atoms. The minimum Gasteiger partial charge on any atom is -0.488 e. The summed E-state index contributed by atoms with van der Waals surface area (Å²) in [5, 5.41) is 5.77. The van der Waals surface area contributed by atoms with Crippen molar-refractivity contribution in [1.82, 2.24) is 19.9 Å². The highest BCUT2D eigenvalue weighted by atomic mass is 79.9. The molecule has 0 spiro atoms. The Labute approximate surface area is 275 Å². The van der Waals surface area contributed by atoms with E-state index in [0.29, 0.717) is 54.6 Å². The van der Waals surface area contributed by atoms with Crippen LogP contribution in [-0.4, -0.2) is 33.4 Å². The van der Waals surface area contributed by atoms with E-state index in [1.165, 1.54) is 35.9 Å². The van der Waals surface area contributed by atoms with E-state index in [1.807, 2.05) is 0 Å². The van der Waals surface area contributed by atoms with Crippen molar-refractivity contribution >= 4 is 65.0 Å². The Morgan fingerprint density at radius 2 is 1.85 bits per heavy atom. The number of thiazole rings is 1. The molecule has 9 nitrogen and oxygen atoms in total. The van der Waals surface area contributed by atoms with Crippen molar-refractivity contribution < 1.29 is 26.7 Å². The van der Waals surface area contributed by atoms with Crippen molar-refractivity contribution in [2.24, 2.45) is 0 Å². The SMILES string of the molecule is O=S(=O)=C(Cc1ccccn1)OCc1nc(-c2cc3c(Nc4ccc(OCc5cccc(F)c5)c(Br)c4)ncnc3cc2F)cs1. The van der Waals surface area contributed by atoms with Gasteiger partial charge in [-0.05, 0) is 70.0 Å². The summed E-state index contributed by atoms with van der Waals surface area (Å²) in [6.45, 7) is 0.0873. The lowest BCUT2D eigenvalue weighted by molar-refractivity contribution is 0.292. The highest BCUT2D eigenvalue weighted by molar-refractivity contribution is 9.10. The molecule has 3 aromatic heterocycles. The third kappa shape index (κ3) is 7.59. The fourth-order valence-corrected chi connectivity index (χ4v) is 6.06. The van der Waals surface area contributed by atoms with E-state index < -0.39 is 16.1 Å². The lowest BCUT2D eigenvalue weighted by Crippen LogP contribution is -2.10. The van der Waals surface area contributed by atoms with Gasteiger partial charge in [-0.3, -0.25) is 4.98 Å². The molecule has 0 saturated heterocycles.